The fraction of sp³-hybridized carbons (Fsp3) is 0.480. The van der Waals surface area contributed by atoms with E-state index in [-0.39, 0.29) is 35.8 Å². The van der Waals surface area contributed by atoms with E-state index in [4.69, 9.17) is 4.74 Å². The second kappa shape index (κ2) is 9.17. The van der Waals surface area contributed by atoms with Gasteiger partial charge in [0.25, 0.3) is 5.91 Å². The molecule has 1 fully saturated rings. The first-order valence-corrected chi connectivity index (χ1v) is 10.7. The fourth-order valence-corrected chi connectivity index (χ4v) is 4.02. The van der Waals surface area contributed by atoms with Crippen molar-refractivity contribution in [3.05, 3.63) is 65.5 Å². The van der Waals surface area contributed by atoms with Crippen LogP contribution in [-0.2, 0) is 16.8 Å². The summed E-state index contributed by atoms with van der Waals surface area (Å²) in [5.74, 6) is 0.567. The number of amides is 1. The average Bonchev–Trinajstić information content (AvgIpc) is 2.70. The number of carbonyl (C=O) groups is 1. The van der Waals surface area contributed by atoms with E-state index < -0.39 is 0 Å². The van der Waals surface area contributed by atoms with Gasteiger partial charge in [0, 0.05) is 31.7 Å². The summed E-state index contributed by atoms with van der Waals surface area (Å²) in [7, 11) is 0. The lowest BCUT2D eigenvalue weighted by Crippen LogP contribution is -2.58. The molecule has 2 aromatic rings. The number of nitrogens with zero attached hydrogens (tertiary/aromatic N) is 2. The highest BCUT2D eigenvalue weighted by atomic mass is 19.1. The number of benzene rings is 2. The molecule has 0 aromatic heterocycles. The van der Waals surface area contributed by atoms with Crippen LogP contribution in [0.2, 0.25) is 0 Å². The van der Waals surface area contributed by atoms with Crippen molar-refractivity contribution in [1.29, 1.82) is 0 Å². The molecular weight excluding hydrogens is 379 g/mol. The Labute approximate surface area is 179 Å². The Kier molecular flexibility index (Phi) is 6.81. The van der Waals surface area contributed by atoms with Gasteiger partial charge in [0.2, 0.25) is 0 Å². The van der Waals surface area contributed by atoms with Gasteiger partial charge in [-0.05, 0) is 48.6 Å². The van der Waals surface area contributed by atoms with Crippen LogP contribution >= 0.6 is 0 Å². The molecule has 0 N–H and O–H groups in total. The number of rotatable bonds is 5. The summed E-state index contributed by atoms with van der Waals surface area (Å²) in [6.45, 7) is 12.9. The first-order chi connectivity index (χ1) is 14.1. The lowest BCUT2D eigenvalue weighted by Gasteiger charge is -2.44. The van der Waals surface area contributed by atoms with Gasteiger partial charge in [0.1, 0.15) is 11.6 Å². The Morgan fingerprint density at radius 1 is 1.03 bits per heavy atom. The Balaban J connectivity index is 1.60. The van der Waals surface area contributed by atoms with Gasteiger partial charge in [-0.15, -0.1) is 0 Å². The summed E-state index contributed by atoms with van der Waals surface area (Å²) in [4.78, 5) is 17.2. The number of para-hydroxylation sites is 1. The molecule has 2 atom stereocenters. The summed E-state index contributed by atoms with van der Waals surface area (Å²) >= 11 is 0. The molecule has 0 bridgehead atoms. The van der Waals surface area contributed by atoms with Crippen molar-refractivity contribution in [2.75, 3.05) is 19.7 Å². The van der Waals surface area contributed by atoms with Crippen molar-refractivity contribution in [2.45, 2.75) is 58.7 Å². The number of hydrogen-bond acceptors (Lipinski definition) is 3. The first kappa shape index (κ1) is 22.3. The van der Waals surface area contributed by atoms with Crippen LogP contribution in [0.25, 0.3) is 0 Å². The molecule has 162 valence electrons. The van der Waals surface area contributed by atoms with Crippen molar-refractivity contribution in [1.82, 2.24) is 9.80 Å². The lowest BCUT2D eigenvalue weighted by molar-refractivity contribution is -0.139. The topological polar surface area (TPSA) is 32.8 Å². The molecule has 0 unspecified atom stereocenters. The maximum Gasteiger partial charge on any atom is 0.260 e. The van der Waals surface area contributed by atoms with E-state index in [0.29, 0.717) is 6.54 Å². The van der Waals surface area contributed by atoms with E-state index >= 15 is 0 Å². The third-order valence-corrected chi connectivity index (χ3v) is 5.78. The summed E-state index contributed by atoms with van der Waals surface area (Å²) in [6, 6.07) is 14.9. The van der Waals surface area contributed by atoms with E-state index in [2.05, 4.69) is 45.6 Å². The fourth-order valence-electron chi connectivity index (χ4n) is 4.02. The number of piperazine rings is 1. The van der Waals surface area contributed by atoms with Gasteiger partial charge in [-0.25, -0.2) is 4.39 Å². The molecule has 0 radical (unpaired) electrons. The van der Waals surface area contributed by atoms with E-state index in [1.165, 1.54) is 12.1 Å². The maximum atomic E-state index is 13.2. The SMILES string of the molecule is C[C@@H]1CN(Cc2ccc(F)cc2)[C@@H](C)CN1C(=O)COc1ccccc1C(C)(C)C. The van der Waals surface area contributed by atoms with Gasteiger partial charge < -0.3 is 9.64 Å². The van der Waals surface area contributed by atoms with Gasteiger partial charge in [-0.3, -0.25) is 9.69 Å². The molecule has 1 heterocycles. The molecule has 1 aliphatic rings. The van der Waals surface area contributed by atoms with E-state index in [9.17, 15) is 9.18 Å². The van der Waals surface area contributed by atoms with Crippen LogP contribution in [-0.4, -0.2) is 47.5 Å². The van der Waals surface area contributed by atoms with Gasteiger partial charge in [-0.2, -0.15) is 0 Å². The van der Waals surface area contributed by atoms with Gasteiger partial charge in [0.05, 0.1) is 0 Å². The zero-order valence-electron chi connectivity index (χ0n) is 18.7. The van der Waals surface area contributed by atoms with Gasteiger partial charge in [0.15, 0.2) is 6.61 Å². The van der Waals surface area contributed by atoms with Crippen LogP contribution in [0.1, 0.15) is 45.7 Å². The third-order valence-electron chi connectivity index (χ3n) is 5.78. The summed E-state index contributed by atoms with van der Waals surface area (Å²) in [6.07, 6.45) is 0. The molecule has 0 aliphatic carbocycles. The van der Waals surface area contributed by atoms with E-state index in [1.54, 1.807) is 0 Å². The minimum Gasteiger partial charge on any atom is -0.483 e. The second-order valence-corrected chi connectivity index (χ2v) is 9.33. The smallest absolute Gasteiger partial charge is 0.260 e. The molecule has 0 spiro atoms. The van der Waals surface area contributed by atoms with Crippen molar-refractivity contribution in [2.24, 2.45) is 0 Å². The van der Waals surface area contributed by atoms with Crippen LogP contribution in [0.3, 0.4) is 0 Å². The van der Waals surface area contributed by atoms with Gasteiger partial charge in [-0.1, -0.05) is 51.1 Å². The Bertz CT molecular complexity index is 860. The molecule has 1 aliphatic heterocycles. The van der Waals surface area contributed by atoms with Gasteiger partial charge >= 0.3 is 0 Å². The second-order valence-electron chi connectivity index (χ2n) is 9.33. The van der Waals surface area contributed by atoms with E-state index in [1.807, 2.05) is 35.2 Å². The Morgan fingerprint density at radius 2 is 1.70 bits per heavy atom. The number of ether oxygens (including phenoxy) is 1. The quantitative estimate of drug-likeness (QED) is 0.718. The minimum absolute atomic E-state index is 0.0134. The van der Waals surface area contributed by atoms with Crippen LogP contribution < -0.4 is 4.74 Å². The monoisotopic (exact) mass is 412 g/mol. The maximum absolute atomic E-state index is 13.2. The zero-order valence-corrected chi connectivity index (χ0v) is 18.7. The summed E-state index contributed by atoms with van der Waals surface area (Å²) < 4.78 is 19.1. The third kappa shape index (κ3) is 5.39. The predicted molar refractivity (Wildman–Crippen MR) is 118 cm³/mol. The first-order valence-electron chi connectivity index (χ1n) is 10.7. The molecule has 1 saturated heterocycles. The summed E-state index contributed by atoms with van der Waals surface area (Å²) in [5, 5.41) is 0. The van der Waals surface area contributed by atoms with E-state index in [0.717, 1.165) is 30.0 Å². The molecule has 0 saturated carbocycles. The van der Waals surface area contributed by atoms with Crippen LogP contribution in [0.15, 0.2) is 48.5 Å². The number of hydrogen-bond donors (Lipinski definition) is 0. The molecule has 30 heavy (non-hydrogen) atoms. The van der Waals surface area contributed by atoms with Crippen molar-refractivity contribution in [3.63, 3.8) is 0 Å². The van der Waals surface area contributed by atoms with Crippen molar-refractivity contribution in [3.8, 4) is 5.75 Å². The largest absolute Gasteiger partial charge is 0.483 e. The Hall–Kier alpha value is -2.40. The molecular formula is C25H33FN2O2. The van der Waals surface area contributed by atoms with Crippen LogP contribution in [0, 0.1) is 5.82 Å². The molecule has 1 amide bonds. The zero-order chi connectivity index (χ0) is 21.9. The summed E-state index contributed by atoms with van der Waals surface area (Å²) in [5.41, 5.74) is 2.13. The Morgan fingerprint density at radius 3 is 2.37 bits per heavy atom. The van der Waals surface area contributed by atoms with Crippen molar-refractivity contribution >= 4 is 5.91 Å². The minimum atomic E-state index is -0.219. The van der Waals surface area contributed by atoms with Crippen molar-refractivity contribution < 1.29 is 13.9 Å². The predicted octanol–water partition coefficient (Wildman–Crippen LogP) is 4.62. The highest BCUT2D eigenvalue weighted by molar-refractivity contribution is 5.78. The highest BCUT2D eigenvalue weighted by Gasteiger charge is 2.32. The molecule has 4 nitrogen and oxygen atoms in total. The molecule has 5 heteroatoms. The number of carbonyl (C=O) groups excluding carboxylic acids is 1. The highest BCUT2D eigenvalue weighted by Crippen LogP contribution is 2.31. The number of halogens is 1. The van der Waals surface area contributed by atoms with Crippen LogP contribution in [0.4, 0.5) is 4.39 Å². The standard InChI is InChI=1S/C25H33FN2O2/c1-18-15-28(19(2)14-27(18)16-20-10-12-21(26)13-11-20)24(29)17-30-23-9-7-6-8-22(23)25(3,4)5/h6-13,18-19H,14-17H2,1-5H3/t18-,19+/m0/s1. The molecule has 2 aromatic carbocycles. The van der Waals surface area contributed by atoms with Crippen LogP contribution in [0.5, 0.6) is 5.75 Å². The molecule has 3 rings (SSSR count). The average molecular weight is 413 g/mol. The lowest BCUT2D eigenvalue weighted by atomic mass is 9.86. The normalized spacial score (nSPS) is 20.3.